The molecule has 42 heavy (non-hydrogen) atoms. The van der Waals surface area contributed by atoms with Crippen LogP contribution in [0.2, 0.25) is 0 Å². The van der Waals surface area contributed by atoms with Crippen molar-refractivity contribution in [2.75, 3.05) is 0 Å². The summed E-state index contributed by atoms with van der Waals surface area (Å²) in [5.41, 5.74) is 12.3. The van der Waals surface area contributed by atoms with Crippen LogP contribution in [0.15, 0.2) is 127 Å². The van der Waals surface area contributed by atoms with Gasteiger partial charge in [0.25, 0.3) is 0 Å². The highest BCUT2D eigenvalue weighted by Crippen LogP contribution is 2.39. The number of hydrogen-bond acceptors (Lipinski definition) is 1. The van der Waals surface area contributed by atoms with Crippen LogP contribution in [0, 0.1) is 25.2 Å². The molecule has 0 amide bonds. The fourth-order valence-corrected chi connectivity index (χ4v) is 6.77. The van der Waals surface area contributed by atoms with E-state index >= 15 is 0 Å². The summed E-state index contributed by atoms with van der Waals surface area (Å²) in [7, 11) is 0. The Hall–Kier alpha value is -5.59. The predicted molar refractivity (Wildman–Crippen MR) is 175 cm³/mol. The number of nitriles is 1. The van der Waals surface area contributed by atoms with Crippen LogP contribution >= 0.6 is 0 Å². The van der Waals surface area contributed by atoms with E-state index in [1.54, 1.807) is 0 Å². The molecule has 0 bridgehead atoms. The van der Waals surface area contributed by atoms with Crippen LogP contribution in [0.5, 0.6) is 0 Å². The number of rotatable bonds is 3. The average molecular weight is 538 g/mol. The van der Waals surface area contributed by atoms with Crippen LogP contribution in [0.4, 0.5) is 0 Å². The molecule has 8 aromatic rings. The van der Waals surface area contributed by atoms with Crippen LogP contribution in [0.3, 0.4) is 0 Å². The van der Waals surface area contributed by atoms with Crippen LogP contribution in [-0.4, -0.2) is 9.13 Å². The van der Waals surface area contributed by atoms with Gasteiger partial charge in [-0.3, -0.25) is 0 Å². The van der Waals surface area contributed by atoms with Crippen molar-refractivity contribution in [2.24, 2.45) is 0 Å². The highest BCUT2D eigenvalue weighted by Gasteiger charge is 2.18. The smallest absolute Gasteiger partial charge is 0.0991 e. The molecule has 0 atom stereocenters. The Morgan fingerprint density at radius 2 is 0.952 bits per heavy atom. The number of aryl methyl sites for hydroxylation is 2. The van der Waals surface area contributed by atoms with E-state index in [4.69, 9.17) is 0 Å². The lowest BCUT2D eigenvalue weighted by atomic mass is 10.0. The Bertz CT molecular complexity index is 2360. The zero-order chi connectivity index (χ0) is 28.4. The quantitative estimate of drug-likeness (QED) is 0.221. The van der Waals surface area contributed by atoms with E-state index < -0.39 is 0 Å². The molecular weight excluding hydrogens is 510 g/mol. The molecule has 3 heteroatoms. The van der Waals surface area contributed by atoms with Gasteiger partial charge in [0.1, 0.15) is 0 Å². The SMILES string of the molecule is Cc1cc(C#N)cc(C)c1-n1c2ccccc2c2cc(-c3ccc4c(c3)c3ccccc3n4-c3ccccc3)ccc21. The lowest BCUT2D eigenvalue weighted by Crippen LogP contribution is -2.01. The van der Waals surface area contributed by atoms with Crippen LogP contribution < -0.4 is 0 Å². The van der Waals surface area contributed by atoms with E-state index in [0.717, 1.165) is 22.3 Å². The van der Waals surface area contributed by atoms with Crippen molar-refractivity contribution in [3.63, 3.8) is 0 Å². The van der Waals surface area contributed by atoms with E-state index in [0.29, 0.717) is 5.56 Å². The summed E-state index contributed by atoms with van der Waals surface area (Å²) < 4.78 is 4.71. The molecule has 0 saturated carbocycles. The minimum atomic E-state index is 0.695. The summed E-state index contributed by atoms with van der Waals surface area (Å²) in [6.07, 6.45) is 0. The van der Waals surface area contributed by atoms with Gasteiger partial charge in [-0.15, -0.1) is 0 Å². The van der Waals surface area contributed by atoms with Gasteiger partial charge in [0.2, 0.25) is 0 Å². The molecular formula is C39H27N3. The summed E-state index contributed by atoms with van der Waals surface area (Å²) in [6, 6.07) is 47.8. The van der Waals surface area contributed by atoms with Gasteiger partial charge >= 0.3 is 0 Å². The Morgan fingerprint density at radius 3 is 1.52 bits per heavy atom. The molecule has 6 aromatic carbocycles. The fourth-order valence-electron chi connectivity index (χ4n) is 6.77. The van der Waals surface area contributed by atoms with Gasteiger partial charge in [0, 0.05) is 27.2 Å². The zero-order valence-electron chi connectivity index (χ0n) is 23.5. The molecule has 8 rings (SSSR count). The van der Waals surface area contributed by atoms with Gasteiger partial charge in [-0.25, -0.2) is 0 Å². The summed E-state index contributed by atoms with van der Waals surface area (Å²) in [6.45, 7) is 4.19. The molecule has 0 aliphatic carbocycles. The van der Waals surface area contributed by atoms with Crippen LogP contribution in [0.25, 0.3) is 66.1 Å². The first-order valence-electron chi connectivity index (χ1n) is 14.3. The van der Waals surface area contributed by atoms with Gasteiger partial charge in [-0.1, -0.05) is 66.7 Å². The van der Waals surface area contributed by atoms with Crippen molar-refractivity contribution in [3.05, 3.63) is 144 Å². The van der Waals surface area contributed by atoms with Gasteiger partial charge in [-0.2, -0.15) is 5.26 Å². The third-order valence-electron chi connectivity index (χ3n) is 8.54. The van der Waals surface area contributed by atoms with E-state index in [1.165, 1.54) is 54.9 Å². The first-order chi connectivity index (χ1) is 20.6. The van der Waals surface area contributed by atoms with Crippen molar-refractivity contribution in [2.45, 2.75) is 13.8 Å². The number of aromatic nitrogens is 2. The van der Waals surface area contributed by atoms with Crippen molar-refractivity contribution in [1.82, 2.24) is 9.13 Å². The van der Waals surface area contributed by atoms with Gasteiger partial charge in [0.05, 0.1) is 39.4 Å². The molecule has 0 saturated heterocycles. The summed E-state index contributed by atoms with van der Waals surface area (Å²) >= 11 is 0. The molecule has 0 radical (unpaired) electrons. The Balaban J connectivity index is 1.36. The maximum absolute atomic E-state index is 9.52. The average Bonchev–Trinajstić information content (AvgIpc) is 3.53. The van der Waals surface area contributed by atoms with Gasteiger partial charge in [0.15, 0.2) is 0 Å². The Labute approximate surface area is 244 Å². The molecule has 0 aliphatic heterocycles. The number of fused-ring (bicyclic) bond motifs is 6. The normalized spacial score (nSPS) is 11.5. The third kappa shape index (κ3) is 3.52. The van der Waals surface area contributed by atoms with E-state index in [-0.39, 0.29) is 0 Å². The lowest BCUT2D eigenvalue weighted by molar-refractivity contribution is 1.12. The Morgan fingerprint density at radius 1 is 0.476 bits per heavy atom. The number of benzene rings is 6. The second kappa shape index (κ2) is 9.23. The Kier molecular flexibility index (Phi) is 5.32. The van der Waals surface area contributed by atoms with Gasteiger partial charge < -0.3 is 9.13 Å². The number of hydrogen-bond donors (Lipinski definition) is 0. The van der Waals surface area contributed by atoms with Crippen molar-refractivity contribution in [3.8, 4) is 28.6 Å². The third-order valence-corrected chi connectivity index (χ3v) is 8.54. The largest absolute Gasteiger partial charge is 0.309 e. The summed E-state index contributed by atoms with van der Waals surface area (Å²) in [5, 5.41) is 14.5. The lowest BCUT2D eigenvalue weighted by Gasteiger charge is -2.15. The fraction of sp³-hybridized carbons (Fsp3) is 0.0513. The van der Waals surface area contributed by atoms with Crippen molar-refractivity contribution in [1.29, 1.82) is 5.26 Å². The molecule has 0 N–H and O–H groups in total. The maximum atomic E-state index is 9.52. The second-order valence-corrected chi connectivity index (χ2v) is 11.1. The molecule has 2 aromatic heterocycles. The number of para-hydroxylation sites is 3. The monoisotopic (exact) mass is 537 g/mol. The molecule has 0 unspecified atom stereocenters. The van der Waals surface area contributed by atoms with Crippen molar-refractivity contribution < 1.29 is 0 Å². The topological polar surface area (TPSA) is 33.6 Å². The minimum absolute atomic E-state index is 0.695. The predicted octanol–water partition coefficient (Wildman–Crippen LogP) is 10.0. The van der Waals surface area contributed by atoms with Gasteiger partial charge in [-0.05, 0) is 96.8 Å². The highest BCUT2D eigenvalue weighted by molar-refractivity contribution is 6.12. The summed E-state index contributed by atoms with van der Waals surface area (Å²) in [5.74, 6) is 0. The molecule has 2 heterocycles. The van der Waals surface area contributed by atoms with Crippen LogP contribution in [0.1, 0.15) is 16.7 Å². The second-order valence-electron chi connectivity index (χ2n) is 11.1. The minimum Gasteiger partial charge on any atom is -0.309 e. The molecule has 3 nitrogen and oxygen atoms in total. The molecule has 198 valence electrons. The molecule has 0 spiro atoms. The molecule has 0 aliphatic rings. The highest BCUT2D eigenvalue weighted by atomic mass is 15.0. The number of nitrogens with zero attached hydrogens (tertiary/aromatic N) is 3. The zero-order valence-corrected chi connectivity index (χ0v) is 23.5. The standard InChI is InChI=1S/C39H27N3/c1-25-20-27(24-40)21-26(2)39(25)42-36-15-9-7-13-32(36)34-23-29(17-19-38(34)42)28-16-18-37-33(22-28)31-12-6-8-14-35(31)41(37)30-10-4-3-5-11-30/h3-23H,1-2H3. The molecule has 0 fully saturated rings. The van der Waals surface area contributed by atoms with E-state index in [1.807, 2.05) is 12.1 Å². The van der Waals surface area contributed by atoms with E-state index in [9.17, 15) is 5.26 Å². The first kappa shape index (κ1) is 24.2. The maximum Gasteiger partial charge on any atom is 0.0991 e. The first-order valence-corrected chi connectivity index (χ1v) is 14.3. The van der Waals surface area contributed by atoms with E-state index in [2.05, 4.69) is 144 Å². The van der Waals surface area contributed by atoms with Crippen LogP contribution in [-0.2, 0) is 0 Å². The van der Waals surface area contributed by atoms with Crippen molar-refractivity contribution >= 4 is 43.6 Å². The summed E-state index contributed by atoms with van der Waals surface area (Å²) in [4.78, 5) is 0.